The van der Waals surface area contributed by atoms with Crippen molar-refractivity contribution in [3.63, 3.8) is 0 Å². The van der Waals surface area contributed by atoms with Crippen molar-refractivity contribution in [1.29, 1.82) is 0 Å². The van der Waals surface area contributed by atoms with E-state index in [0.717, 1.165) is 12.8 Å². The summed E-state index contributed by atoms with van der Waals surface area (Å²) in [6.45, 7) is 4.57. The van der Waals surface area contributed by atoms with Gasteiger partial charge < -0.3 is 11.1 Å². The van der Waals surface area contributed by atoms with Gasteiger partial charge in [-0.15, -0.1) is 0 Å². The minimum absolute atomic E-state index is 0.124. The summed E-state index contributed by atoms with van der Waals surface area (Å²) in [5, 5.41) is 13.4. The molecule has 0 spiro atoms. The normalized spacial score (nSPS) is 11.2. The predicted molar refractivity (Wildman–Crippen MR) is 64.7 cm³/mol. The molecule has 1 aromatic rings. The van der Waals surface area contributed by atoms with Gasteiger partial charge in [-0.25, -0.2) is 9.97 Å². The number of anilines is 1. The van der Waals surface area contributed by atoms with Gasteiger partial charge in [-0.05, 0) is 12.8 Å². The van der Waals surface area contributed by atoms with Crippen LogP contribution in [0.15, 0.2) is 12.4 Å². The van der Waals surface area contributed by atoms with E-state index in [4.69, 9.17) is 5.73 Å². The highest BCUT2D eigenvalue weighted by molar-refractivity contribution is 5.31. The highest BCUT2D eigenvalue weighted by Crippen LogP contribution is 2.13. The molecule has 0 aliphatic rings. The van der Waals surface area contributed by atoms with Crippen LogP contribution in [0.2, 0.25) is 0 Å². The van der Waals surface area contributed by atoms with Gasteiger partial charge in [0, 0.05) is 12.1 Å². The van der Waals surface area contributed by atoms with Crippen LogP contribution in [-0.2, 0) is 0 Å². The molecule has 0 saturated heterocycles. The molecule has 0 amide bonds. The number of hydrogen-bond acceptors (Lipinski definition) is 6. The lowest BCUT2D eigenvalue weighted by Gasteiger charge is -2.26. The fourth-order valence-electron chi connectivity index (χ4n) is 1.26. The highest BCUT2D eigenvalue weighted by atomic mass is 16.6. The quantitative estimate of drug-likeness (QED) is 0.572. The minimum atomic E-state index is -0.533. The van der Waals surface area contributed by atoms with Gasteiger partial charge in [0.1, 0.15) is 12.4 Å². The van der Waals surface area contributed by atoms with E-state index < -0.39 is 4.92 Å². The molecule has 0 fully saturated rings. The Labute approximate surface area is 99.6 Å². The summed E-state index contributed by atoms with van der Waals surface area (Å²) >= 11 is 0. The van der Waals surface area contributed by atoms with E-state index in [0.29, 0.717) is 12.5 Å². The Morgan fingerprint density at radius 2 is 1.94 bits per heavy atom. The molecule has 0 aromatic carbocycles. The standard InChI is InChI=1S/C10H17N5O2/c1-3-10(11,4-2)7-14-9-12-5-8(6-13-9)15(16)17/h5-6H,3-4,7,11H2,1-2H3,(H,12,13,14). The molecular weight excluding hydrogens is 222 g/mol. The van der Waals surface area contributed by atoms with Crippen molar-refractivity contribution >= 4 is 11.6 Å². The molecule has 1 aromatic heterocycles. The van der Waals surface area contributed by atoms with E-state index in [-0.39, 0.29) is 11.2 Å². The zero-order valence-electron chi connectivity index (χ0n) is 10.0. The maximum Gasteiger partial charge on any atom is 0.305 e. The molecule has 1 rings (SSSR count). The Hall–Kier alpha value is -1.76. The Morgan fingerprint density at radius 3 is 2.35 bits per heavy atom. The number of hydrogen-bond donors (Lipinski definition) is 2. The first-order valence-corrected chi connectivity index (χ1v) is 5.50. The Morgan fingerprint density at radius 1 is 1.41 bits per heavy atom. The van der Waals surface area contributed by atoms with Crippen molar-refractivity contribution < 1.29 is 4.92 Å². The fraction of sp³-hybridized carbons (Fsp3) is 0.600. The van der Waals surface area contributed by atoms with Crippen LogP contribution in [0.4, 0.5) is 11.6 Å². The predicted octanol–water partition coefficient (Wildman–Crippen LogP) is 1.31. The van der Waals surface area contributed by atoms with E-state index in [1.54, 1.807) is 0 Å². The van der Waals surface area contributed by atoms with E-state index in [1.807, 2.05) is 13.8 Å². The van der Waals surface area contributed by atoms with Gasteiger partial charge in [-0.3, -0.25) is 10.1 Å². The van der Waals surface area contributed by atoms with Gasteiger partial charge in [0.05, 0.1) is 4.92 Å². The maximum absolute atomic E-state index is 10.4. The van der Waals surface area contributed by atoms with Crippen molar-refractivity contribution in [2.75, 3.05) is 11.9 Å². The lowest BCUT2D eigenvalue weighted by Crippen LogP contribution is -2.45. The summed E-state index contributed by atoms with van der Waals surface area (Å²) in [5.41, 5.74) is 5.67. The molecule has 0 aliphatic carbocycles. The number of aromatic nitrogens is 2. The van der Waals surface area contributed by atoms with Crippen molar-refractivity contribution in [3.05, 3.63) is 22.5 Å². The smallest absolute Gasteiger partial charge is 0.305 e. The summed E-state index contributed by atoms with van der Waals surface area (Å²) in [4.78, 5) is 17.6. The second-order valence-electron chi connectivity index (χ2n) is 3.95. The van der Waals surface area contributed by atoms with Gasteiger partial charge in [-0.2, -0.15) is 0 Å². The maximum atomic E-state index is 10.4. The second-order valence-corrected chi connectivity index (χ2v) is 3.95. The largest absolute Gasteiger partial charge is 0.352 e. The molecule has 0 radical (unpaired) electrons. The van der Waals surface area contributed by atoms with Gasteiger partial charge in [-0.1, -0.05) is 13.8 Å². The minimum Gasteiger partial charge on any atom is -0.352 e. The molecule has 0 saturated carbocycles. The number of nitrogens with one attached hydrogen (secondary N) is 1. The SMILES string of the molecule is CCC(N)(CC)CNc1ncc([N+](=O)[O-])cn1. The Balaban J connectivity index is 2.61. The van der Waals surface area contributed by atoms with Crippen molar-refractivity contribution in [2.45, 2.75) is 32.2 Å². The van der Waals surface area contributed by atoms with Gasteiger partial charge >= 0.3 is 5.69 Å². The molecule has 7 heteroatoms. The molecule has 17 heavy (non-hydrogen) atoms. The average Bonchev–Trinajstić information content (AvgIpc) is 2.36. The monoisotopic (exact) mass is 239 g/mol. The second kappa shape index (κ2) is 5.53. The zero-order valence-corrected chi connectivity index (χ0v) is 10.0. The van der Waals surface area contributed by atoms with E-state index in [1.165, 1.54) is 12.4 Å². The number of nitrogens with zero attached hydrogens (tertiary/aromatic N) is 3. The molecule has 0 bridgehead atoms. The Bertz CT molecular complexity index is 375. The molecular formula is C10H17N5O2. The van der Waals surface area contributed by atoms with E-state index in [9.17, 15) is 10.1 Å². The molecule has 0 atom stereocenters. The van der Waals surface area contributed by atoms with Crippen LogP contribution in [0, 0.1) is 10.1 Å². The Kier molecular flexibility index (Phi) is 4.33. The van der Waals surface area contributed by atoms with Gasteiger partial charge in [0.15, 0.2) is 0 Å². The first-order chi connectivity index (χ1) is 8.00. The fourth-order valence-corrected chi connectivity index (χ4v) is 1.26. The van der Waals surface area contributed by atoms with Crippen LogP contribution in [0.1, 0.15) is 26.7 Å². The van der Waals surface area contributed by atoms with Crippen molar-refractivity contribution in [1.82, 2.24) is 9.97 Å². The van der Waals surface area contributed by atoms with E-state index in [2.05, 4.69) is 15.3 Å². The van der Waals surface area contributed by atoms with Gasteiger partial charge in [0.2, 0.25) is 5.95 Å². The molecule has 94 valence electrons. The van der Waals surface area contributed by atoms with Crippen LogP contribution >= 0.6 is 0 Å². The lowest BCUT2D eigenvalue weighted by atomic mass is 9.94. The van der Waals surface area contributed by atoms with Crippen LogP contribution < -0.4 is 11.1 Å². The van der Waals surface area contributed by atoms with E-state index >= 15 is 0 Å². The van der Waals surface area contributed by atoms with Gasteiger partial charge in [0.25, 0.3) is 0 Å². The highest BCUT2D eigenvalue weighted by Gasteiger charge is 2.20. The van der Waals surface area contributed by atoms with Crippen LogP contribution in [0.3, 0.4) is 0 Å². The zero-order chi connectivity index (χ0) is 12.9. The molecule has 1 heterocycles. The first kappa shape index (κ1) is 13.3. The number of nitro groups is 1. The van der Waals surface area contributed by atoms with Crippen molar-refractivity contribution in [3.8, 4) is 0 Å². The molecule has 7 nitrogen and oxygen atoms in total. The third-order valence-corrected chi connectivity index (χ3v) is 2.86. The summed E-state index contributed by atoms with van der Waals surface area (Å²) in [6.07, 6.45) is 4.02. The van der Waals surface area contributed by atoms with Crippen molar-refractivity contribution in [2.24, 2.45) is 5.73 Å². The molecule has 0 unspecified atom stereocenters. The van der Waals surface area contributed by atoms with Crippen LogP contribution in [0.5, 0.6) is 0 Å². The summed E-state index contributed by atoms with van der Waals surface area (Å²) in [5.74, 6) is 0.354. The average molecular weight is 239 g/mol. The molecule has 3 N–H and O–H groups in total. The van der Waals surface area contributed by atoms with Crippen LogP contribution in [0.25, 0.3) is 0 Å². The number of nitrogens with two attached hydrogens (primary N) is 1. The number of rotatable bonds is 6. The summed E-state index contributed by atoms with van der Waals surface area (Å²) in [6, 6.07) is 0. The summed E-state index contributed by atoms with van der Waals surface area (Å²) < 4.78 is 0. The molecule has 0 aliphatic heterocycles. The third kappa shape index (κ3) is 3.63. The summed E-state index contributed by atoms with van der Waals surface area (Å²) in [7, 11) is 0. The lowest BCUT2D eigenvalue weighted by molar-refractivity contribution is -0.385. The van der Waals surface area contributed by atoms with Crippen LogP contribution in [-0.4, -0.2) is 27.0 Å². The third-order valence-electron chi connectivity index (χ3n) is 2.86. The topological polar surface area (TPSA) is 107 Å². The first-order valence-electron chi connectivity index (χ1n) is 5.50.